The lowest BCUT2D eigenvalue weighted by atomic mass is 10.0. The summed E-state index contributed by atoms with van der Waals surface area (Å²) in [4.78, 5) is 10.6. The average Bonchev–Trinajstić information content (AvgIpc) is 2.65. The highest BCUT2D eigenvalue weighted by atomic mass is 35.5. The summed E-state index contributed by atoms with van der Waals surface area (Å²) in [5, 5.41) is 8.47. The molecular formula is C10H9ClFNO4. The number of halogens is 2. The van der Waals surface area contributed by atoms with Crippen LogP contribution in [0, 0.1) is 5.82 Å². The molecule has 0 aromatic heterocycles. The molecule has 0 aliphatic carbocycles. The first-order valence-corrected chi connectivity index (χ1v) is 5.13. The van der Waals surface area contributed by atoms with Gasteiger partial charge in [0, 0.05) is 12.1 Å². The number of rotatable bonds is 3. The molecule has 1 unspecified atom stereocenters. The minimum Gasteiger partial charge on any atom is -0.481 e. The molecule has 0 saturated heterocycles. The highest BCUT2D eigenvalue weighted by Crippen LogP contribution is 2.43. The standard InChI is InChI=1S/C10H9ClFNO4/c11-4-1-6-10(17-3-16-6)8(9(4)12)5(13)2-7(14)15/h1,5H,2-3,13H2,(H,14,15). The molecule has 2 rings (SSSR count). The number of carbonyl (C=O) groups is 1. The topological polar surface area (TPSA) is 81.8 Å². The zero-order chi connectivity index (χ0) is 12.6. The van der Waals surface area contributed by atoms with Crippen LogP contribution in [0.2, 0.25) is 5.02 Å². The third kappa shape index (κ3) is 2.13. The molecule has 1 atom stereocenters. The van der Waals surface area contributed by atoms with Crippen LogP contribution in [0.15, 0.2) is 6.07 Å². The molecule has 0 amide bonds. The molecule has 1 aliphatic rings. The van der Waals surface area contributed by atoms with E-state index in [4.69, 9.17) is 31.9 Å². The van der Waals surface area contributed by atoms with Crippen LogP contribution >= 0.6 is 11.6 Å². The lowest BCUT2D eigenvalue weighted by Crippen LogP contribution is -2.17. The number of hydrogen-bond acceptors (Lipinski definition) is 4. The van der Waals surface area contributed by atoms with Gasteiger partial charge in [-0.2, -0.15) is 0 Å². The van der Waals surface area contributed by atoms with Crippen LogP contribution in [-0.2, 0) is 4.79 Å². The van der Waals surface area contributed by atoms with Gasteiger partial charge in [-0.3, -0.25) is 4.79 Å². The maximum absolute atomic E-state index is 13.8. The van der Waals surface area contributed by atoms with Gasteiger partial charge in [-0.05, 0) is 0 Å². The zero-order valence-corrected chi connectivity index (χ0v) is 9.33. The van der Waals surface area contributed by atoms with Crippen LogP contribution in [0.4, 0.5) is 4.39 Å². The van der Waals surface area contributed by atoms with Crippen molar-refractivity contribution < 1.29 is 23.8 Å². The molecule has 0 fully saturated rings. The third-order valence-corrected chi connectivity index (χ3v) is 2.63. The van der Waals surface area contributed by atoms with Crippen LogP contribution in [0.1, 0.15) is 18.0 Å². The molecule has 0 radical (unpaired) electrons. The summed E-state index contributed by atoms with van der Waals surface area (Å²) < 4.78 is 23.9. The molecule has 0 spiro atoms. The molecular weight excluding hydrogens is 253 g/mol. The predicted octanol–water partition coefficient (Wildman–Crippen LogP) is 1.68. The Morgan fingerprint density at radius 2 is 2.35 bits per heavy atom. The van der Waals surface area contributed by atoms with Crippen molar-refractivity contribution in [2.45, 2.75) is 12.5 Å². The first kappa shape index (κ1) is 11.9. The fraction of sp³-hybridized carbons (Fsp3) is 0.300. The fourth-order valence-corrected chi connectivity index (χ4v) is 1.84. The van der Waals surface area contributed by atoms with Crippen molar-refractivity contribution in [1.29, 1.82) is 0 Å². The van der Waals surface area contributed by atoms with Gasteiger partial charge in [0.2, 0.25) is 6.79 Å². The Bertz CT molecular complexity index is 480. The van der Waals surface area contributed by atoms with Crippen LogP contribution in [-0.4, -0.2) is 17.9 Å². The molecule has 3 N–H and O–H groups in total. The Balaban J connectivity index is 2.48. The lowest BCUT2D eigenvalue weighted by Gasteiger charge is -2.14. The van der Waals surface area contributed by atoms with Gasteiger partial charge in [0.1, 0.15) is 0 Å². The number of benzene rings is 1. The molecule has 1 aromatic rings. The number of carboxylic acids is 1. The summed E-state index contributed by atoms with van der Waals surface area (Å²) in [5.41, 5.74) is 5.56. The van der Waals surface area contributed by atoms with E-state index < -0.39 is 24.2 Å². The van der Waals surface area contributed by atoms with Gasteiger partial charge in [0.05, 0.1) is 17.0 Å². The summed E-state index contributed by atoms with van der Waals surface area (Å²) in [7, 11) is 0. The number of nitrogens with two attached hydrogens (primary N) is 1. The smallest absolute Gasteiger partial charge is 0.305 e. The summed E-state index contributed by atoms with van der Waals surface area (Å²) in [5.74, 6) is -1.51. The SMILES string of the molecule is NC(CC(=O)O)c1c(F)c(Cl)cc2c1OCO2. The van der Waals surface area contributed by atoms with Crippen molar-refractivity contribution in [3.63, 3.8) is 0 Å². The summed E-state index contributed by atoms with van der Waals surface area (Å²) in [6, 6.07) is 0.234. The summed E-state index contributed by atoms with van der Waals surface area (Å²) in [6.45, 7) is -0.0676. The van der Waals surface area contributed by atoms with E-state index in [-0.39, 0.29) is 28.9 Å². The third-order valence-electron chi connectivity index (χ3n) is 2.36. The van der Waals surface area contributed by atoms with E-state index in [1.54, 1.807) is 0 Å². The Morgan fingerprint density at radius 3 is 3.00 bits per heavy atom. The van der Waals surface area contributed by atoms with Crippen molar-refractivity contribution in [3.05, 3.63) is 22.5 Å². The van der Waals surface area contributed by atoms with Gasteiger partial charge >= 0.3 is 5.97 Å². The van der Waals surface area contributed by atoms with Gasteiger partial charge in [0.15, 0.2) is 17.3 Å². The van der Waals surface area contributed by atoms with Crippen LogP contribution in [0.5, 0.6) is 11.5 Å². The molecule has 1 aromatic carbocycles. The number of fused-ring (bicyclic) bond motifs is 1. The lowest BCUT2D eigenvalue weighted by molar-refractivity contribution is -0.137. The summed E-state index contributed by atoms with van der Waals surface area (Å²) in [6.07, 6.45) is -0.424. The quantitative estimate of drug-likeness (QED) is 0.865. The molecule has 5 nitrogen and oxygen atoms in total. The maximum Gasteiger partial charge on any atom is 0.305 e. The van der Waals surface area contributed by atoms with Gasteiger partial charge in [-0.25, -0.2) is 4.39 Å². The van der Waals surface area contributed by atoms with Crippen LogP contribution < -0.4 is 15.2 Å². The van der Waals surface area contributed by atoms with Gasteiger partial charge in [-0.1, -0.05) is 11.6 Å². The normalized spacial score (nSPS) is 14.8. The number of ether oxygens (including phenoxy) is 2. The van der Waals surface area contributed by atoms with Crippen LogP contribution in [0.3, 0.4) is 0 Å². The predicted molar refractivity (Wildman–Crippen MR) is 56.7 cm³/mol. The van der Waals surface area contributed by atoms with Gasteiger partial charge in [-0.15, -0.1) is 0 Å². The Hall–Kier alpha value is -1.53. The number of carboxylic acid groups (broad SMARTS) is 1. The van der Waals surface area contributed by atoms with E-state index in [0.29, 0.717) is 0 Å². The molecule has 0 saturated carbocycles. The molecule has 1 heterocycles. The second-order valence-corrected chi connectivity index (χ2v) is 3.93. The molecule has 17 heavy (non-hydrogen) atoms. The fourth-order valence-electron chi connectivity index (χ4n) is 1.63. The highest BCUT2D eigenvalue weighted by molar-refractivity contribution is 6.31. The summed E-state index contributed by atoms with van der Waals surface area (Å²) >= 11 is 5.66. The van der Waals surface area contributed by atoms with E-state index in [1.807, 2.05) is 0 Å². The Labute approximate surface area is 101 Å². The van der Waals surface area contributed by atoms with E-state index in [0.717, 1.165) is 0 Å². The second kappa shape index (κ2) is 4.38. The minimum atomic E-state index is -1.13. The van der Waals surface area contributed by atoms with Crippen molar-refractivity contribution in [1.82, 2.24) is 0 Å². The number of hydrogen-bond donors (Lipinski definition) is 2. The van der Waals surface area contributed by atoms with Crippen molar-refractivity contribution in [2.24, 2.45) is 5.73 Å². The second-order valence-electron chi connectivity index (χ2n) is 3.52. The molecule has 92 valence electrons. The maximum atomic E-state index is 13.8. The first-order chi connectivity index (χ1) is 8.00. The van der Waals surface area contributed by atoms with E-state index in [9.17, 15) is 9.18 Å². The van der Waals surface area contributed by atoms with E-state index in [2.05, 4.69) is 0 Å². The van der Waals surface area contributed by atoms with Crippen molar-refractivity contribution in [2.75, 3.05) is 6.79 Å². The minimum absolute atomic E-state index is 0.0626. The van der Waals surface area contributed by atoms with Crippen LogP contribution in [0.25, 0.3) is 0 Å². The molecule has 0 bridgehead atoms. The average molecular weight is 262 g/mol. The van der Waals surface area contributed by atoms with E-state index in [1.165, 1.54) is 6.07 Å². The molecule has 7 heteroatoms. The zero-order valence-electron chi connectivity index (χ0n) is 8.57. The van der Waals surface area contributed by atoms with Crippen molar-refractivity contribution in [3.8, 4) is 11.5 Å². The van der Waals surface area contributed by atoms with Gasteiger partial charge in [0.25, 0.3) is 0 Å². The first-order valence-electron chi connectivity index (χ1n) is 4.75. The number of aliphatic carboxylic acids is 1. The Morgan fingerprint density at radius 1 is 1.65 bits per heavy atom. The largest absolute Gasteiger partial charge is 0.481 e. The monoisotopic (exact) mass is 261 g/mol. The van der Waals surface area contributed by atoms with E-state index >= 15 is 0 Å². The highest BCUT2D eigenvalue weighted by Gasteiger charge is 2.28. The van der Waals surface area contributed by atoms with Gasteiger partial charge < -0.3 is 20.3 Å². The Kier molecular flexibility index (Phi) is 3.08. The molecule has 1 aliphatic heterocycles. The van der Waals surface area contributed by atoms with Crippen molar-refractivity contribution >= 4 is 17.6 Å².